The molecule has 1 aromatic carbocycles. The first-order valence-electron chi connectivity index (χ1n) is 6.22. The number of ether oxygens (including phenoxy) is 2. The Morgan fingerprint density at radius 3 is 2.59 bits per heavy atom. The second-order valence-corrected chi connectivity index (χ2v) is 6.02. The SMILES string of the molecule is COc1c(NCc2cnc(Cl)s2)cc([N+](=O)[O-])c(OC)c1C. The minimum atomic E-state index is -0.486. The number of anilines is 1. The Bertz CT molecular complexity index is 705. The first-order chi connectivity index (χ1) is 10.5. The second-order valence-electron chi connectivity index (χ2n) is 4.32. The number of benzene rings is 1. The van der Waals surface area contributed by atoms with Crippen molar-refractivity contribution < 1.29 is 14.4 Å². The molecule has 118 valence electrons. The molecule has 1 aromatic heterocycles. The van der Waals surface area contributed by atoms with Crippen LogP contribution in [0, 0.1) is 17.0 Å². The number of hydrogen-bond donors (Lipinski definition) is 1. The van der Waals surface area contributed by atoms with Crippen molar-refractivity contribution >= 4 is 34.3 Å². The average Bonchev–Trinajstić information content (AvgIpc) is 2.90. The summed E-state index contributed by atoms with van der Waals surface area (Å²) in [7, 11) is 2.89. The molecule has 0 amide bonds. The number of hydrogen-bond acceptors (Lipinski definition) is 7. The van der Waals surface area contributed by atoms with E-state index in [-0.39, 0.29) is 11.4 Å². The highest BCUT2D eigenvalue weighted by Crippen LogP contribution is 2.42. The monoisotopic (exact) mass is 343 g/mol. The van der Waals surface area contributed by atoms with Crippen molar-refractivity contribution in [1.29, 1.82) is 0 Å². The molecule has 0 spiro atoms. The highest BCUT2D eigenvalue weighted by atomic mass is 35.5. The number of nitro benzene ring substituents is 1. The maximum atomic E-state index is 11.2. The number of nitro groups is 1. The van der Waals surface area contributed by atoms with Gasteiger partial charge in [0.2, 0.25) is 5.75 Å². The van der Waals surface area contributed by atoms with Gasteiger partial charge in [0.25, 0.3) is 0 Å². The summed E-state index contributed by atoms with van der Waals surface area (Å²) in [4.78, 5) is 15.6. The maximum absolute atomic E-state index is 11.2. The molecule has 9 heteroatoms. The molecule has 0 bridgehead atoms. The van der Waals surface area contributed by atoms with Gasteiger partial charge in [-0.05, 0) is 6.92 Å². The molecule has 0 saturated heterocycles. The molecule has 7 nitrogen and oxygen atoms in total. The largest absolute Gasteiger partial charge is 0.494 e. The fourth-order valence-electron chi connectivity index (χ4n) is 2.10. The number of methoxy groups -OCH3 is 2. The van der Waals surface area contributed by atoms with E-state index in [1.807, 2.05) is 0 Å². The molecular weight excluding hydrogens is 330 g/mol. The summed E-state index contributed by atoms with van der Waals surface area (Å²) in [6.07, 6.45) is 1.65. The third-order valence-electron chi connectivity index (χ3n) is 3.02. The lowest BCUT2D eigenvalue weighted by atomic mass is 10.1. The van der Waals surface area contributed by atoms with E-state index >= 15 is 0 Å². The van der Waals surface area contributed by atoms with Crippen LogP contribution in [-0.2, 0) is 6.54 Å². The van der Waals surface area contributed by atoms with E-state index < -0.39 is 4.92 Å². The van der Waals surface area contributed by atoms with Gasteiger partial charge in [-0.15, -0.1) is 11.3 Å². The van der Waals surface area contributed by atoms with E-state index in [2.05, 4.69) is 10.3 Å². The van der Waals surface area contributed by atoms with Gasteiger partial charge in [-0.25, -0.2) is 4.98 Å². The molecule has 0 aliphatic heterocycles. The van der Waals surface area contributed by atoms with Gasteiger partial charge in [-0.2, -0.15) is 0 Å². The van der Waals surface area contributed by atoms with Crippen LogP contribution in [0.25, 0.3) is 0 Å². The van der Waals surface area contributed by atoms with Gasteiger partial charge in [-0.1, -0.05) is 11.6 Å². The van der Waals surface area contributed by atoms with Crippen LogP contribution < -0.4 is 14.8 Å². The van der Waals surface area contributed by atoms with Crippen molar-refractivity contribution in [2.45, 2.75) is 13.5 Å². The standard InChI is InChI=1S/C13H14ClN3O4S/c1-7-11(20-2)9(4-10(17(18)19)12(7)21-3)15-5-8-6-16-13(14)22-8/h4,6,15H,5H2,1-3H3. The Hall–Kier alpha value is -2.06. The van der Waals surface area contributed by atoms with Crippen LogP contribution in [0.1, 0.15) is 10.4 Å². The van der Waals surface area contributed by atoms with Gasteiger partial charge < -0.3 is 14.8 Å². The van der Waals surface area contributed by atoms with Crippen molar-refractivity contribution in [1.82, 2.24) is 4.98 Å². The van der Waals surface area contributed by atoms with Crippen LogP contribution in [0.2, 0.25) is 4.47 Å². The molecule has 2 rings (SSSR count). The predicted molar refractivity (Wildman–Crippen MR) is 85.4 cm³/mol. The van der Waals surface area contributed by atoms with Gasteiger partial charge in [-0.3, -0.25) is 10.1 Å². The zero-order valence-corrected chi connectivity index (χ0v) is 13.7. The highest BCUT2D eigenvalue weighted by Gasteiger charge is 2.24. The quantitative estimate of drug-likeness (QED) is 0.636. The molecule has 2 aromatic rings. The van der Waals surface area contributed by atoms with E-state index in [9.17, 15) is 10.1 Å². The smallest absolute Gasteiger partial charge is 0.313 e. The maximum Gasteiger partial charge on any atom is 0.313 e. The van der Waals surface area contributed by atoms with Crippen molar-refractivity contribution in [3.8, 4) is 11.5 Å². The average molecular weight is 344 g/mol. The van der Waals surface area contributed by atoms with Gasteiger partial charge in [0.1, 0.15) is 5.75 Å². The lowest BCUT2D eigenvalue weighted by molar-refractivity contribution is -0.385. The van der Waals surface area contributed by atoms with Gasteiger partial charge in [0.05, 0.1) is 31.4 Å². The summed E-state index contributed by atoms with van der Waals surface area (Å²) < 4.78 is 10.9. The van der Waals surface area contributed by atoms with Crippen molar-refractivity contribution in [2.24, 2.45) is 0 Å². The molecule has 0 aliphatic rings. The first-order valence-corrected chi connectivity index (χ1v) is 7.41. The molecule has 0 radical (unpaired) electrons. The number of rotatable bonds is 6. The van der Waals surface area contributed by atoms with Crippen LogP contribution >= 0.6 is 22.9 Å². The van der Waals surface area contributed by atoms with Gasteiger partial charge in [0.15, 0.2) is 4.47 Å². The molecule has 0 fully saturated rings. The van der Waals surface area contributed by atoms with Crippen LogP contribution in [0.5, 0.6) is 11.5 Å². The molecule has 1 heterocycles. The van der Waals surface area contributed by atoms with E-state index in [4.69, 9.17) is 21.1 Å². The number of nitrogens with zero attached hydrogens (tertiary/aromatic N) is 2. The summed E-state index contributed by atoms with van der Waals surface area (Å²) in [6.45, 7) is 2.14. The Morgan fingerprint density at radius 2 is 2.09 bits per heavy atom. The number of halogens is 1. The fraction of sp³-hybridized carbons (Fsp3) is 0.308. The third-order valence-corrected chi connectivity index (χ3v) is 4.14. The molecule has 22 heavy (non-hydrogen) atoms. The molecular formula is C13H14ClN3O4S. The van der Waals surface area contributed by atoms with Crippen LogP contribution in [0.15, 0.2) is 12.3 Å². The summed E-state index contributed by atoms with van der Waals surface area (Å²) in [6, 6.07) is 1.40. The lowest BCUT2D eigenvalue weighted by Crippen LogP contribution is -2.05. The zero-order valence-electron chi connectivity index (χ0n) is 12.2. The molecule has 0 saturated carbocycles. The Labute approximate surface area is 136 Å². The lowest BCUT2D eigenvalue weighted by Gasteiger charge is -2.15. The van der Waals surface area contributed by atoms with Crippen LogP contribution in [-0.4, -0.2) is 24.1 Å². The summed E-state index contributed by atoms with van der Waals surface area (Å²) in [5.74, 6) is 0.686. The molecule has 0 aliphatic carbocycles. The van der Waals surface area contributed by atoms with Crippen molar-refractivity contribution in [3.63, 3.8) is 0 Å². The number of thiazole rings is 1. The van der Waals surface area contributed by atoms with Crippen LogP contribution in [0.4, 0.5) is 11.4 Å². The Kier molecular flexibility index (Phi) is 5.04. The summed E-state index contributed by atoms with van der Waals surface area (Å²) in [5, 5.41) is 14.3. The van der Waals surface area contributed by atoms with E-state index in [1.165, 1.54) is 31.6 Å². The van der Waals surface area contributed by atoms with Gasteiger partial charge >= 0.3 is 5.69 Å². The van der Waals surface area contributed by atoms with Crippen molar-refractivity contribution in [2.75, 3.05) is 19.5 Å². The molecule has 1 N–H and O–H groups in total. The minimum Gasteiger partial charge on any atom is -0.494 e. The van der Waals surface area contributed by atoms with Gasteiger partial charge in [0, 0.05) is 22.7 Å². The Morgan fingerprint density at radius 1 is 1.41 bits per heavy atom. The zero-order chi connectivity index (χ0) is 16.3. The predicted octanol–water partition coefficient (Wildman–Crippen LogP) is 3.64. The van der Waals surface area contributed by atoms with E-state index in [0.717, 1.165) is 4.88 Å². The summed E-state index contributed by atoms with van der Waals surface area (Å²) in [5.41, 5.74) is 0.951. The number of aromatic nitrogens is 1. The first kappa shape index (κ1) is 16.3. The number of nitrogens with one attached hydrogen (secondary N) is 1. The van der Waals surface area contributed by atoms with Crippen molar-refractivity contribution in [3.05, 3.63) is 37.3 Å². The topological polar surface area (TPSA) is 86.5 Å². The molecule has 0 unspecified atom stereocenters. The minimum absolute atomic E-state index is 0.120. The highest BCUT2D eigenvalue weighted by molar-refractivity contribution is 7.15. The van der Waals surface area contributed by atoms with Crippen LogP contribution in [0.3, 0.4) is 0 Å². The summed E-state index contributed by atoms with van der Waals surface area (Å²) >= 11 is 7.12. The third kappa shape index (κ3) is 3.23. The van der Waals surface area contributed by atoms with E-state index in [0.29, 0.717) is 28.0 Å². The normalized spacial score (nSPS) is 10.4. The molecule has 0 atom stereocenters. The Balaban J connectivity index is 2.38. The van der Waals surface area contributed by atoms with E-state index in [1.54, 1.807) is 13.1 Å². The second kappa shape index (κ2) is 6.80. The fourth-order valence-corrected chi connectivity index (χ4v) is 3.02.